The first-order chi connectivity index (χ1) is 9.09. The molecule has 1 unspecified atom stereocenters. The number of urea groups is 1. The van der Waals surface area contributed by atoms with Gasteiger partial charge in [0.25, 0.3) is 0 Å². The number of amidine groups is 1. The zero-order valence-corrected chi connectivity index (χ0v) is 10.8. The monoisotopic (exact) mass is 262 g/mol. The Labute approximate surface area is 112 Å². The van der Waals surface area contributed by atoms with Gasteiger partial charge in [0.15, 0.2) is 0 Å². The number of nitrogen functional groups attached to an aromatic ring is 1. The maximum Gasteiger partial charge on any atom is 0.321 e. The molecule has 0 radical (unpaired) electrons. The fraction of sp³-hybridized carbons (Fsp3) is 0.385. The van der Waals surface area contributed by atoms with Gasteiger partial charge >= 0.3 is 6.03 Å². The van der Waals surface area contributed by atoms with E-state index in [0.717, 1.165) is 6.42 Å². The number of hydrogen-bond donors (Lipinski definition) is 3. The number of nitrogens with one attached hydrogen (secondary N) is 2. The summed E-state index contributed by atoms with van der Waals surface area (Å²) in [7, 11) is 1.66. The molecule has 102 valence electrons. The summed E-state index contributed by atoms with van der Waals surface area (Å²) >= 11 is 0. The maximum absolute atomic E-state index is 12.1. The van der Waals surface area contributed by atoms with Gasteiger partial charge in [0.05, 0.1) is 18.3 Å². The second-order valence-electron chi connectivity index (χ2n) is 4.50. The summed E-state index contributed by atoms with van der Waals surface area (Å²) in [6.07, 6.45) is 0.827. The van der Waals surface area contributed by atoms with Crippen LogP contribution < -0.4 is 16.0 Å². The highest BCUT2D eigenvalue weighted by molar-refractivity contribution is 6.04. The minimum atomic E-state index is -0.218. The molecule has 1 saturated heterocycles. The summed E-state index contributed by atoms with van der Waals surface area (Å²) in [5, 5.41) is 10.4. The van der Waals surface area contributed by atoms with E-state index in [1.165, 1.54) is 4.90 Å². The van der Waals surface area contributed by atoms with Crippen LogP contribution >= 0.6 is 0 Å². The molecule has 0 aromatic heterocycles. The first-order valence-corrected chi connectivity index (χ1v) is 6.15. The molecule has 2 rings (SSSR count). The van der Waals surface area contributed by atoms with Gasteiger partial charge in [0.2, 0.25) is 0 Å². The van der Waals surface area contributed by atoms with E-state index in [9.17, 15) is 4.79 Å². The second kappa shape index (κ2) is 5.71. The average molecular weight is 262 g/mol. The van der Waals surface area contributed by atoms with Crippen LogP contribution in [0.25, 0.3) is 0 Å². The molecule has 4 N–H and O–H groups in total. The van der Waals surface area contributed by atoms with Crippen molar-refractivity contribution in [1.82, 2.24) is 5.32 Å². The standard InChI is InChI=1S/C13H18N4O2/c1-17(13(18)16-9-6-7-19-8-9)11-5-3-2-4-10(11)12(14)15/h2-5,9H,6-8H2,1H3,(H3,14,15)(H,16,18). The predicted octanol–water partition coefficient (Wildman–Crippen LogP) is 0.905. The van der Waals surface area contributed by atoms with Gasteiger partial charge in [-0.05, 0) is 18.6 Å². The van der Waals surface area contributed by atoms with Crippen LogP contribution in [0.15, 0.2) is 24.3 Å². The summed E-state index contributed by atoms with van der Waals surface area (Å²) in [6, 6.07) is 6.92. The van der Waals surface area contributed by atoms with E-state index in [-0.39, 0.29) is 17.9 Å². The molecule has 6 nitrogen and oxygen atoms in total. The highest BCUT2D eigenvalue weighted by atomic mass is 16.5. The minimum absolute atomic E-state index is 0.0550. The molecule has 6 heteroatoms. The molecule has 1 aliphatic heterocycles. The van der Waals surface area contributed by atoms with Gasteiger partial charge in [-0.15, -0.1) is 0 Å². The van der Waals surface area contributed by atoms with Crippen molar-refractivity contribution in [2.24, 2.45) is 5.73 Å². The molecule has 0 bridgehead atoms. The molecular weight excluding hydrogens is 244 g/mol. The van der Waals surface area contributed by atoms with Crippen molar-refractivity contribution in [3.05, 3.63) is 29.8 Å². The van der Waals surface area contributed by atoms with Crippen LogP contribution in [0.5, 0.6) is 0 Å². The Balaban J connectivity index is 2.12. The lowest BCUT2D eigenvalue weighted by atomic mass is 10.1. The first kappa shape index (κ1) is 13.4. The lowest BCUT2D eigenvalue weighted by Crippen LogP contribution is -2.44. The highest BCUT2D eigenvalue weighted by Crippen LogP contribution is 2.19. The van der Waals surface area contributed by atoms with Gasteiger partial charge in [-0.1, -0.05) is 12.1 Å². The fourth-order valence-corrected chi connectivity index (χ4v) is 2.02. The van der Waals surface area contributed by atoms with Crippen molar-refractivity contribution in [3.8, 4) is 0 Å². The lowest BCUT2D eigenvalue weighted by Gasteiger charge is -2.22. The predicted molar refractivity (Wildman–Crippen MR) is 73.6 cm³/mol. The average Bonchev–Trinajstić information content (AvgIpc) is 2.90. The number of ether oxygens (including phenoxy) is 1. The molecular formula is C13H18N4O2. The number of benzene rings is 1. The van der Waals surface area contributed by atoms with Crippen molar-refractivity contribution in [2.45, 2.75) is 12.5 Å². The fourth-order valence-electron chi connectivity index (χ4n) is 2.02. The van der Waals surface area contributed by atoms with Gasteiger partial charge in [-0.3, -0.25) is 10.3 Å². The van der Waals surface area contributed by atoms with E-state index in [1.807, 2.05) is 6.07 Å². The number of anilines is 1. The Kier molecular flexibility index (Phi) is 4.01. The van der Waals surface area contributed by atoms with Crippen LogP contribution in [0.3, 0.4) is 0 Å². The summed E-state index contributed by atoms with van der Waals surface area (Å²) in [5.74, 6) is -0.0561. The molecule has 1 aromatic carbocycles. The van der Waals surface area contributed by atoms with E-state index in [2.05, 4.69) is 5.32 Å². The minimum Gasteiger partial charge on any atom is -0.384 e. The molecule has 0 spiro atoms. The summed E-state index contributed by atoms with van der Waals surface area (Å²) in [6.45, 7) is 1.23. The molecule has 1 aromatic rings. The van der Waals surface area contributed by atoms with E-state index >= 15 is 0 Å². The van der Waals surface area contributed by atoms with Crippen molar-refractivity contribution in [1.29, 1.82) is 5.41 Å². The van der Waals surface area contributed by atoms with Crippen LogP contribution in [0.1, 0.15) is 12.0 Å². The van der Waals surface area contributed by atoms with Gasteiger partial charge in [-0.2, -0.15) is 0 Å². The largest absolute Gasteiger partial charge is 0.384 e. The molecule has 1 atom stereocenters. The van der Waals surface area contributed by atoms with Gasteiger partial charge in [0.1, 0.15) is 5.84 Å². The number of carbonyl (C=O) groups excluding carboxylic acids is 1. The normalized spacial score (nSPS) is 18.1. The summed E-state index contributed by atoms with van der Waals surface area (Å²) in [4.78, 5) is 13.6. The van der Waals surface area contributed by atoms with Gasteiger partial charge in [0, 0.05) is 19.2 Å². The molecule has 2 amide bonds. The Morgan fingerprint density at radius 3 is 2.89 bits per heavy atom. The molecule has 0 saturated carbocycles. The van der Waals surface area contributed by atoms with Crippen molar-refractivity contribution in [3.63, 3.8) is 0 Å². The van der Waals surface area contributed by atoms with Crippen LogP contribution in [0, 0.1) is 5.41 Å². The van der Waals surface area contributed by atoms with Gasteiger partial charge in [-0.25, -0.2) is 4.79 Å². The van der Waals surface area contributed by atoms with E-state index in [0.29, 0.717) is 24.5 Å². The summed E-state index contributed by atoms with van der Waals surface area (Å²) in [5.41, 5.74) is 6.68. The molecule has 1 heterocycles. The smallest absolute Gasteiger partial charge is 0.321 e. The summed E-state index contributed by atoms with van der Waals surface area (Å²) < 4.78 is 5.22. The second-order valence-corrected chi connectivity index (χ2v) is 4.50. The maximum atomic E-state index is 12.1. The molecule has 19 heavy (non-hydrogen) atoms. The zero-order valence-electron chi connectivity index (χ0n) is 10.8. The third-order valence-corrected chi connectivity index (χ3v) is 3.12. The van der Waals surface area contributed by atoms with E-state index in [4.69, 9.17) is 15.9 Å². The number of nitrogens with zero attached hydrogens (tertiary/aromatic N) is 1. The van der Waals surface area contributed by atoms with Crippen LogP contribution in [0.4, 0.5) is 10.5 Å². The topological polar surface area (TPSA) is 91.4 Å². The number of nitrogens with two attached hydrogens (primary N) is 1. The number of para-hydroxylation sites is 1. The lowest BCUT2D eigenvalue weighted by molar-refractivity contribution is 0.189. The van der Waals surface area contributed by atoms with Crippen molar-refractivity contribution < 1.29 is 9.53 Å². The number of rotatable bonds is 3. The van der Waals surface area contributed by atoms with Gasteiger partial charge < -0.3 is 15.8 Å². The molecule has 1 fully saturated rings. The molecule has 1 aliphatic rings. The Bertz CT molecular complexity index is 483. The Hall–Kier alpha value is -2.08. The molecule has 0 aliphatic carbocycles. The highest BCUT2D eigenvalue weighted by Gasteiger charge is 2.21. The first-order valence-electron chi connectivity index (χ1n) is 6.15. The third-order valence-electron chi connectivity index (χ3n) is 3.12. The van der Waals surface area contributed by atoms with Crippen molar-refractivity contribution >= 4 is 17.6 Å². The van der Waals surface area contributed by atoms with Crippen LogP contribution in [0.2, 0.25) is 0 Å². The third kappa shape index (κ3) is 3.03. The van der Waals surface area contributed by atoms with E-state index < -0.39 is 0 Å². The number of hydrogen-bond acceptors (Lipinski definition) is 3. The zero-order chi connectivity index (χ0) is 13.8. The van der Waals surface area contributed by atoms with E-state index in [1.54, 1.807) is 25.2 Å². The Morgan fingerprint density at radius 1 is 1.53 bits per heavy atom. The van der Waals surface area contributed by atoms with Crippen molar-refractivity contribution in [2.75, 3.05) is 25.2 Å². The quantitative estimate of drug-likeness (QED) is 0.558. The SMILES string of the molecule is CN(C(=O)NC1CCOC1)c1ccccc1C(=N)N. The number of carbonyl (C=O) groups is 1. The number of amides is 2. The Morgan fingerprint density at radius 2 is 2.26 bits per heavy atom. The van der Waals surface area contributed by atoms with Crippen LogP contribution in [-0.2, 0) is 4.74 Å². The van der Waals surface area contributed by atoms with Crippen LogP contribution in [-0.4, -0.2) is 38.2 Å².